The van der Waals surface area contributed by atoms with E-state index in [1.807, 2.05) is 0 Å². The third kappa shape index (κ3) is 4.87. The molecule has 0 saturated heterocycles. The fourth-order valence-corrected chi connectivity index (χ4v) is 2.46. The summed E-state index contributed by atoms with van der Waals surface area (Å²) in [5.41, 5.74) is 1.07. The molecule has 2 aromatic carbocycles. The summed E-state index contributed by atoms with van der Waals surface area (Å²) in [6.45, 7) is 0. The third-order valence-electron chi connectivity index (χ3n) is 3.78. The van der Waals surface area contributed by atoms with Crippen LogP contribution in [0.3, 0.4) is 0 Å². The SMILES string of the molecule is CO[C@@H](C(=O)N[C@@H](Cc1ccc([N+](=O)[O-])cc1)C(=O)O)c1ccccc1. The molecule has 0 fully saturated rings. The smallest absolute Gasteiger partial charge is 0.326 e. The van der Waals surface area contributed by atoms with Crippen LogP contribution in [0.5, 0.6) is 0 Å². The first-order valence-electron chi connectivity index (χ1n) is 7.76. The van der Waals surface area contributed by atoms with Gasteiger partial charge >= 0.3 is 5.97 Å². The van der Waals surface area contributed by atoms with Gasteiger partial charge in [-0.1, -0.05) is 42.5 Å². The number of nitro groups is 1. The number of ether oxygens (including phenoxy) is 1. The first kappa shape index (κ1) is 19.1. The first-order valence-corrected chi connectivity index (χ1v) is 7.76. The van der Waals surface area contributed by atoms with Crippen molar-refractivity contribution in [2.24, 2.45) is 0 Å². The van der Waals surface area contributed by atoms with Crippen molar-refractivity contribution < 1.29 is 24.4 Å². The molecule has 0 saturated carbocycles. The van der Waals surface area contributed by atoms with Gasteiger partial charge in [-0.3, -0.25) is 14.9 Å². The van der Waals surface area contributed by atoms with Gasteiger partial charge in [0.2, 0.25) is 0 Å². The number of hydrogen-bond donors (Lipinski definition) is 2. The molecule has 0 unspecified atom stereocenters. The Bertz CT molecular complexity index is 776. The molecule has 8 nitrogen and oxygen atoms in total. The number of non-ortho nitro benzene ring substituents is 1. The van der Waals surface area contributed by atoms with E-state index in [9.17, 15) is 24.8 Å². The lowest BCUT2D eigenvalue weighted by Gasteiger charge is -2.20. The van der Waals surface area contributed by atoms with Gasteiger partial charge in [-0.05, 0) is 11.1 Å². The zero-order chi connectivity index (χ0) is 19.1. The Labute approximate surface area is 149 Å². The van der Waals surface area contributed by atoms with Crippen LogP contribution < -0.4 is 5.32 Å². The Morgan fingerprint density at radius 2 is 1.77 bits per heavy atom. The molecule has 2 N–H and O–H groups in total. The number of nitrogens with one attached hydrogen (secondary N) is 1. The van der Waals surface area contributed by atoms with Crippen LogP contribution in [-0.4, -0.2) is 35.1 Å². The van der Waals surface area contributed by atoms with Crippen LogP contribution in [0.15, 0.2) is 54.6 Å². The second kappa shape index (κ2) is 8.72. The molecule has 1 amide bonds. The number of nitro benzene ring substituents is 1. The highest BCUT2D eigenvalue weighted by Crippen LogP contribution is 2.17. The Morgan fingerprint density at radius 3 is 2.27 bits per heavy atom. The summed E-state index contributed by atoms with van der Waals surface area (Å²) >= 11 is 0. The molecule has 136 valence electrons. The Balaban J connectivity index is 2.10. The average Bonchev–Trinajstić information content (AvgIpc) is 2.63. The summed E-state index contributed by atoms with van der Waals surface area (Å²) in [6, 6.07) is 13.0. The van der Waals surface area contributed by atoms with E-state index < -0.39 is 28.9 Å². The number of methoxy groups -OCH3 is 1. The second-order valence-corrected chi connectivity index (χ2v) is 5.55. The molecule has 0 radical (unpaired) electrons. The number of carbonyl (C=O) groups is 2. The van der Waals surface area contributed by atoms with Crippen molar-refractivity contribution in [1.82, 2.24) is 5.32 Å². The molecule has 2 aromatic rings. The van der Waals surface area contributed by atoms with Crippen molar-refractivity contribution in [3.05, 3.63) is 75.8 Å². The number of rotatable bonds is 8. The number of aliphatic carboxylic acids is 1. The highest BCUT2D eigenvalue weighted by atomic mass is 16.6. The van der Waals surface area contributed by atoms with Crippen molar-refractivity contribution in [3.63, 3.8) is 0 Å². The molecule has 2 rings (SSSR count). The maximum atomic E-state index is 12.4. The van der Waals surface area contributed by atoms with Crippen LogP contribution in [0.1, 0.15) is 17.2 Å². The van der Waals surface area contributed by atoms with Gasteiger partial charge in [0, 0.05) is 25.7 Å². The zero-order valence-electron chi connectivity index (χ0n) is 14.0. The molecule has 0 aromatic heterocycles. The fraction of sp³-hybridized carbons (Fsp3) is 0.222. The van der Waals surface area contributed by atoms with Crippen LogP contribution in [0.2, 0.25) is 0 Å². The fourth-order valence-electron chi connectivity index (χ4n) is 2.46. The topological polar surface area (TPSA) is 119 Å². The van der Waals surface area contributed by atoms with Crippen LogP contribution in [0.4, 0.5) is 5.69 Å². The van der Waals surface area contributed by atoms with Gasteiger partial charge in [-0.2, -0.15) is 0 Å². The van der Waals surface area contributed by atoms with E-state index in [4.69, 9.17) is 4.74 Å². The quantitative estimate of drug-likeness (QED) is 0.551. The zero-order valence-corrected chi connectivity index (χ0v) is 14.0. The van der Waals surface area contributed by atoms with Crippen molar-refractivity contribution in [3.8, 4) is 0 Å². The van der Waals surface area contributed by atoms with E-state index in [0.717, 1.165) is 0 Å². The summed E-state index contributed by atoms with van der Waals surface area (Å²) in [7, 11) is 1.36. The minimum atomic E-state index is -1.21. The number of carbonyl (C=O) groups excluding carboxylic acids is 1. The third-order valence-corrected chi connectivity index (χ3v) is 3.78. The molecule has 2 atom stereocenters. The van der Waals surface area contributed by atoms with Gasteiger partial charge in [-0.25, -0.2) is 4.79 Å². The van der Waals surface area contributed by atoms with Crippen molar-refractivity contribution in [1.29, 1.82) is 0 Å². The predicted octanol–water partition coefficient (Wildman–Crippen LogP) is 2.09. The minimum Gasteiger partial charge on any atom is -0.480 e. The van der Waals surface area contributed by atoms with Gasteiger partial charge in [0.05, 0.1) is 4.92 Å². The first-order chi connectivity index (χ1) is 12.4. The molecule has 0 aliphatic rings. The summed E-state index contributed by atoms with van der Waals surface area (Å²) in [5.74, 6) is -1.78. The summed E-state index contributed by atoms with van der Waals surface area (Å²) in [6.07, 6.45) is -0.945. The lowest BCUT2D eigenvalue weighted by Crippen LogP contribution is -2.44. The normalized spacial score (nSPS) is 12.8. The summed E-state index contributed by atoms with van der Waals surface area (Å²) in [5, 5.41) is 22.5. The second-order valence-electron chi connectivity index (χ2n) is 5.55. The molecular weight excluding hydrogens is 340 g/mol. The lowest BCUT2D eigenvalue weighted by atomic mass is 10.0. The maximum absolute atomic E-state index is 12.4. The molecular formula is C18H18N2O6. The number of nitrogens with zero attached hydrogens (tertiary/aromatic N) is 1. The van der Waals surface area contributed by atoms with E-state index in [0.29, 0.717) is 11.1 Å². The van der Waals surface area contributed by atoms with Gasteiger partial charge in [-0.15, -0.1) is 0 Å². The van der Waals surface area contributed by atoms with E-state index in [2.05, 4.69) is 5.32 Å². The van der Waals surface area contributed by atoms with Crippen LogP contribution >= 0.6 is 0 Å². The lowest BCUT2D eigenvalue weighted by molar-refractivity contribution is -0.384. The Hall–Kier alpha value is -3.26. The van der Waals surface area contributed by atoms with Crippen molar-refractivity contribution in [2.45, 2.75) is 18.6 Å². The Morgan fingerprint density at radius 1 is 1.15 bits per heavy atom. The number of benzene rings is 2. The summed E-state index contributed by atoms with van der Waals surface area (Å²) < 4.78 is 5.19. The van der Waals surface area contributed by atoms with E-state index in [-0.39, 0.29) is 12.1 Å². The van der Waals surface area contributed by atoms with Gasteiger partial charge in [0.25, 0.3) is 11.6 Å². The molecule has 8 heteroatoms. The largest absolute Gasteiger partial charge is 0.480 e. The van der Waals surface area contributed by atoms with Crippen molar-refractivity contribution >= 4 is 17.6 Å². The van der Waals surface area contributed by atoms with Gasteiger partial charge in [0.1, 0.15) is 6.04 Å². The monoisotopic (exact) mass is 358 g/mol. The highest BCUT2D eigenvalue weighted by Gasteiger charge is 2.26. The van der Waals surface area contributed by atoms with Crippen molar-refractivity contribution in [2.75, 3.05) is 7.11 Å². The van der Waals surface area contributed by atoms with Gasteiger partial charge in [0.15, 0.2) is 6.10 Å². The highest BCUT2D eigenvalue weighted by molar-refractivity contribution is 5.87. The minimum absolute atomic E-state index is 0.00963. The van der Waals surface area contributed by atoms with Crippen LogP contribution in [0, 0.1) is 10.1 Å². The molecule has 0 aliphatic carbocycles. The maximum Gasteiger partial charge on any atom is 0.326 e. The number of amides is 1. The number of carboxylic acids is 1. The Kier molecular flexibility index (Phi) is 6.40. The van der Waals surface area contributed by atoms with Crippen LogP contribution in [0.25, 0.3) is 0 Å². The average molecular weight is 358 g/mol. The molecule has 26 heavy (non-hydrogen) atoms. The number of carboxylic acid groups (broad SMARTS) is 1. The molecule has 0 aliphatic heterocycles. The molecule has 0 heterocycles. The van der Waals surface area contributed by atoms with E-state index in [1.165, 1.54) is 31.4 Å². The van der Waals surface area contributed by atoms with Gasteiger partial charge < -0.3 is 15.2 Å². The summed E-state index contributed by atoms with van der Waals surface area (Å²) in [4.78, 5) is 34.1. The number of hydrogen-bond acceptors (Lipinski definition) is 5. The van der Waals surface area contributed by atoms with E-state index in [1.54, 1.807) is 30.3 Å². The standard InChI is InChI=1S/C18H18N2O6/c1-26-16(13-5-3-2-4-6-13)17(21)19-15(18(22)23)11-12-7-9-14(10-8-12)20(24)25/h2-10,15-16H,11H2,1H3,(H,19,21)(H,22,23)/t15-,16+/m0/s1. The molecule has 0 spiro atoms. The predicted molar refractivity (Wildman–Crippen MR) is 92.6 cm³/mol. The van der Waals surface area contributed by atoms with E-state index >= 15 is 0 Å². The van der Waals surface area contributed by atoms with Crippen LogP contribution in [-0.2, 0) is 20.7 Å². The molecule has 0 bridgehead atoms.